The molecule has 5 heteroatoms. The molecule has 16 heavy (non-hydrogen) atoms. The Labute approximate surface area is 108 Å². The van der Waals surface area contributed by atoms with E-state index in [1.165, 1.54) is 12.8 Å². The molecule has 2 N–H and O–H groups in total. The maximum Gasteiger partial charge on any atom is 0.171 e. The van der Waals surface area contributed by atoms with Crippen molar-refractivity contribution in [3.05, 3.63) is 28.2 Å². The van der Waals surface area contributed by atoms with E-state index in [1.54, 1.807) is 12.1 Å². The Morgan fingerprint density at radius 1 is 1.50 bits per heavy atom. The number of nitrogens with zero attached hydrogens (tertiary/aromatic N) is 1. The molecule has 0 amide bonds. The van der Waals surface area contributed by atoms with Crippen LogP contribution < -0.4 is 10.6 Å². The first-order valence-corrected chi connectivity index (χ1v) is 6.16. The van der Waals surface area contributed by atoms with E-state index >= 15 is 0 Å². The van der Waals surface area contributed by atoms with Crippen molar-refractivity contribution in [2.45, 2.75) is 18.9 Å². The molecule has 1 aromatic carbocycles. The minimum absolute atomic E-state index is 0.539. The van der Waals surface area contributed by atoms with Crippen LogP contribution in [0.3, 0.4) is 0 Å². The van der Waals surface area contributed by atoms with Gasteiger partial charge < -0.3 is 10.6 Å². The number of hydrogen-bond donors (Lipinski definition) is 2. The van der Waals surface area contributed by atoms with Crippen LogP contribution in [0.2, 0.25) is 0 Å². The van der Waals surface area contributed by atoms with Gasteiger partial charge in [0.2, 0.25) is 0 Å². The van der Waals surface area contributed by atoms with Crippen LogP contribution in [0.15, 0.2) is 22.7 Å². The van der Waals surface area contributed by atoms with Crippen molar-refractivity contribution >= 4 is 38.9 Å². The summed E-state index contributed by atoms with van der Waals surface area (Å²) in [6.45, 7) is 0. The molecule has 0 unspecified atom stereocenters. The van der Waals surface area contributed by atoms with Crippen LogP contribution in [0.4, 0.5) is 5.69 Å². The zero-order valence-corrected chi connectivity index (χ0v) is 10.9. The summed E-state index contributed by atoms with van der Waals surface area (Å²) in [4.78, 5) is 0. The Kier molecular flexibility index (Phi) is 3.42. The number of benzene rings is 1. The molecular weight excluding hydrogens is 286 g/mol. The zero-order chi connectivity index (χ0) is 11.5. The Morgan fingerprint density at radius 2 is 2.25 bits per heavy atom. The molecule has 1 saturated carbocycles. The summed E-state index contributed by atoms with van der Waals surface area (Å²) in [5.74, 6) is 0. The maximum atomic E-state index is 8.73. The number of thiocarbonyl (C=S) groups is 1. The topological polar surface area (TPSA) is 47.9 Å². The number of anilines is 1. The summed E-state index contributed by atoms with van der Waals surface area (Å²) in [5.41, 5.74) is 1.50. The van der Waals surface area contributed by atoms with Gasteiger partial charge in [-0.3, -0.25) is 0 Å². The fourth-order valence-corrected chi connectivity index (χ4v) is 2.01. The maximum absolute atomic E-state index is 8.73. The predicted octanol–water partition coefficient (Wildman–Crippen LogP) is 2.77. The highest BCUT2D eigenvalue weighted by Crippen LogP contribution is 2.24. The molecule has 82 valence electrons. The van der Waals surface area contributed by atoms with Crippen LogP contribution in [-0.4, -0.2) is 11.2 Å². The van der Waals surface area contributed by atoms with Crippen molar-refractivity contribution in [3.8, 4) is 6.07 Å². The van der Waals surface area contributed by atoms with Crippen LogP contribution in [-0.2, 0) is 0 Å². The van der Waals surface area contributed by atoms with Gasteiger partial charge in [-0.1, -0.05) is 0 Å². The fourth-order valence-electron chi connectivity index (χ4n) is 1.26. The van der Waals surface area contributed by atoms with Gasteiger partial charge in [0.1, 0.15) is 0 Å². The van der Waals surface area contributed by atoms with Crippen molar-refractivity contribution in [3.63, 3.8) is 0 Å². The van der Waals surface area contributed by atoms with Crippen LogP contribution >= 0.6 is 28.1 Å². The highest BCUT2D eigenvalue weighted by atomic mass is 79.9. The molecule has 0 radical (unpaired) electrons. The smallest absolute Gasteiger partial charge is 0.171 e. The van der Waals surface area contributed by atoms with Gasteiger partial charge in [-0.25, -0.2) is 0 Å². The van der Waals surface area contributed by atoms with Gasteiger partial charge in [0.05, 0.1) is 17.3 Å². The second-order valence-electron chi connectivity index (χ2n) is 3.68. The Balaban J connectivity index is 2.03. The minimum Gasteiger partial charge on any atom is -0.360 e. The zero-order valence-electron chi connectivity index (χ0n) is 8.46. The van der Waals surface area contributed by atoms with Gasteiger partial charge >= 0.3 is 0 Å². The number of nitrogens with one attached hydrogen (secondary N) is 2. The van der Waals surface area contributed by atoms with Crippen molar-refractivity contribution in [1.82, 2.24) is 5.32 Å². The van der Waals surface area contributed by atoms with Crippen LogP contribution in [0.25, 0.3) is 0 Å². The lowest BCUT2D eigenvalue weighted by molar-refractivity contribution is 0.919. The lowest BCUT2D eigenvalue weighted by atomic mass is 10.2. The minimum atomic E-state index is 0.539. The number of hydrogen-bond acceptors (Lipinski definition) is 2. The first-order valence-electron chi connectivity index (χ1n) is 4.96. The summed E-state index contributed by atoms with van der Waals surface area (Å²) in [6.07, 6.45) is 2.38. The van der Waals surface area contributed by atoms with E-state index in [-0.39, 0.29) is 0 Å². The van der Waals surface area contributed by atoms with Crippen LogP contribution in [0, 0.1) is 11.3 Å². The van der Waals surface area contributed by atoms with E-state index in [2.05, 4.69) is 32.6 Å². The molecule has 0 aromatic heterocycles. The SMILES string of the molecule is N#Cc1ccc(NC(=S)NC2CC2)c(Br)c1. The Bertz CT molecular complexity index is 463. The van der Waals surface area contributed by atoms with Gasteiger partial charge in [-0.2, -0.15) is 5.26 Å². The third kappa shape index (κ3) is 2.94. The molecule has 3 nitrogen and oxygen atoms in total. The van der Waals surface area contributed by atoms with E-state index in [0.29, 0.717) is 16.7 Å². The lowest BCUT2D eigenvalue weighted by Crippen LogP contribution is -2.30. The number of nitriles is 1. The molecule has 0 saturated heterocycles. The van der Waals surface area contributed by atoms with E-state index in [4.69, 9.17) is 17.5 Å². The van der Waals surface area contributed by atoms with Crippen molar-refractivity contribution in [1.29, 1.82) is 5.26 Å². The highest BCUT2D eigenvalue weighted by Gasteiger charge is 2.21. The van der Waals surface area contributed by atoms with Gasteiger partial charge in [-0.15, -0.1) is 0 Å². The second kappa shape index (κ2) is 4.81. The molecule has 0 heterocycles. The van der Waals surface area contributed by atoms with Crippen molar-refractivity contribution in [2.75, 3.05) is 5.32 Å². The van der Waals surface area contributed by atoms with Gasteiger partial charge in [0.15, 0.2) is 5.11 Å². The molecule has 0 bridgehead atoms. The molecule has 1 aliphatic rings. The fraction of sp³-hybridized carbons (Fsp3) is 0.273. The largest absolute Gasteiger partial charge is 0.360 e. The molecule has 1 aliphatic carbocycles. The predicted molar refractivity (Wildman–Crippen MR) is 71.2 cm³/mol. The van der Waals surface area contributed by atoms with Gasteiger partial charge in [0, 0.05) is 10.5 Å². The highest BCUT2D eigenvalue weighted by molar-refractivity contribution is 9.10. The van der Waals surface area contributed by atoms with Gasteiger partial charge in [0.25, 0.3) is 0 Å². The van der Waals surface area contributed by atoms with E-state index < -0.39 is 0 Å². The molecule has 0 aliphatic heterocycles. The summed E-state index contributed by atoms with van der Waals surface area (Å²) < 4.78 is 0.839. The summed E-state index contributed by atoms with van der Waals surface area (Å²) in [6, 6.07) is 7.98. The lowest BCUT2D eigenvalue weighted by Gasteiger charge is -2.11. The first kappa shape index (κ1) is 11.4. The third-order valence-corrected chi connectivity index (χ3v) is 3.13. The van der Waals surface area contributed by atoms with Gasteiger partial charge in [-0.05, 0) is 59.2 Å². The second-order valence-corrected chi connectivity index (χ2v) is 4.94. The van der Waals surface area contributed by atoms with Crippen LogP contribution in [0.1, 0.15) is 18.4 Å². The normalized spacial score (nSPS) is 14.0. The average Bonchev–Trinajstić information content (AvgIpc) is 3.05. The van der Waals surface area contributed by atoms with E-state index in [1.807, 2.05) is 6.07 Å². The third-order valence-electron chi connectivity index (χ3n) is 2.26. The average molecular weight is 296 g/mol. The standard InChI is InChI=1S/C11H10BrN3S/c12-9-5-7(6-13)1-4-10(9)15-11(16)14-8-2-3-8/h1,4-5,8H,2-3H2,(H2,14,15,16). The molecule has 1 fully saturated rings. The molecule has 0 atom stereocenters. The van der Waals surface area contributed by atoms with E-state index in [9.17, 15) is 0 Å². The molecular formula is C11H10BrN3S. The van der Waals surface area contributed by atoms with Crippen molar-refractivity contribution < 1.29 is 0 Å². The summed E-state index contributed by atoms with van der Waals surface area (Å²) in [5, 5.41) is 15.7. The monoisotopic (exact) mass is 295 g/mol. The molecule has 1 aromatic rings. The quantitative estimate of drug-likeness (QED) is 0.824. The van der Waals surface area contributed by atoms with Crippen LogP contribution in [0.5, 0.6) is 0 Å². The molecule has 0 spiro atoms. The Hall–Kier alpha value is -1.12. The Morgan fingerprint density at radius 3 is 2.81 bits per heavy atom. The first-order chi connectivity index (χ1) is 7.69. The summed E-state index contributed by atoms with van der Waals surface area (Å²) >= 11 is 8.56. The number of rotatable bonds is 2. The van der Waals surface area contributed by atoms with E-state index in [0.717, 1.165) is 10.2 Å². The summed E-state index contributed by atoms with van der Waals surface area (Å²) in [7, 11) is 0. The molecule has 2 rings (SSSR count). The number of halogens is 1. The van der Waals surface area contributed by atoms with Crippen molar-refractivity contribution in [2.24, 2.45) is 0 Å².